The Bertz CT molecular complexity index is 627. The number of halogens is 3. The maximum atomic E-state index is 12.9. The predicted octanol–water partition coefficient (Wildman–Crippen LogP) is 4.00. The first-order valence-electron chi connectivity index (χ1n) is 7.38. The number of hydrogen-bond donors (Lipinski definition) is 0. The Hall–Kier alpha value is -0.960. The van der Waals surface area contributed by atoms with Gasteiger partial charge in [-0.15, -0.1) is 23.5 Å². The van der Waals surface area contributed by atoms with E-state index in [0.717, 1.165) is 27.9 Å². The highest BCUT2D eigenvalue weighted by Gasteiger charge is 2.33. The van der Waals surface area contributed by atoms with Crippen molar-refractivity contribution in [1.82, 2.24) is 0 Å². The third-order valence-electron chi connectivity index (χ3n) is 3.63. The summed E-state index contributed by atoms with van der Waals surface area (Å²) < 4.78 is 50.0. The zero-order valence-electron chi connectivity index (χ0n) is 12.6. The zero-order chi connectivity index (χ0) is 17.2. The molecule has 0 N–H and O–H groups in total. The normalized spacial score (nSPS) is 21.8. The first-order valence-corrected chi connectivity index (χ1v) is 9.35. The molecule has 130 valence electrons. The van der Waals surface area contributed by atoms with E-state index in [4.69, 9.17) is 9.47 Å². The van der Waals surface area contributed by atoms with E-state index in [1.54, 1.807) is 23.5 Å². The maximum Gasteiger partial charge on any atom is 0.416 e. The van der Waals surface area contributed by atoms with Gasteiger partial charge in [0.25, 0.3) is 0 Å². The Kier molecular flexibility index (Phi) is 5.59. The molecule has 2 saturated heterocycles. The first-order chi connectivity index (χ1) is 11.5. The molecule has 2 aliphatic heterocycles. The van der Waals surface area contributed by atoms with Gasteiger partial charge in [-0.3, -0.25) is 4.79 Å². The predicted molar refractivity (Wildman–Crippen MR) is 88.3 cm³/mol. The van der Waals surface area contributed by atoms with Gasteiger partial charge in [-0.1, -0.05) is 12.1 Å². The van der Waals surface area contributed by atoms with Crippen molar-refractivity contribution in [2.45, 2.75) is 12.3 Å². The molecule has 2 aliphatic rings. The van der Waals surface area contributed by atoms with Crippen molar-refractivity contribution in [2.75, 3.05) is 31.3 Å². The van der Waals surface area contributed by atoms with E-state index in [0.29, 0.717) is 18.8 Å². The smallest absolute Gasteiger partial charge is 0.376 e. The van der Waals surface area contributed by atoms with Gasteiger partial charge in [0, 0.05) is 21.3 Å². The Balaban J connectivity index is 1.90. The van der Waals surface area contributed by atoms with Crippen LogP contribution in [0.3, 0.4) is 0 Å². The minimum Gasteiger partial charge on any atom is -0.376 e. The minimum absolute atomic E-state index is 0.229. The molecule has 0 saturated carbocycles. The van der Waals surface area contributed by atoms with Gasteiger partial charge < -0.3 is 9.47 Å². The third kappa shape index (κ3) is 3.99. The number of alkyl halides is 3. The maximum absolute atomic E-state index is 12.9. The number of carbonyl (C=O) groups is 1. The Morgan fingerprint density at radius 1 is 1.08 bits per heavy atom. The van der Waals surface area contributed by atoms with Crippen molar-refractivity contribution in [3.05, 3.63) is 45.2 Å². The van der Waals surface area contributed by atoms with Crippen LogP contribution in [-0.4, -0.2) is 43.2 Å². The quantitative estimate of drug-likeness (QED) is 0.589. The number of Topliss-reactive ketones (excluding diaryl/α,β-unsaturated/α-hetero) is 1. The molecule has 1 aromatic carbocycles. The van der Waals surface area contributed by atoms with Crippen LogP contribution in [0.1, 0.15) is 15.9 Å². The molecule has 3 rings (SSSR count). The second kappa shape index (κ2) is 7.51. The van der Waals surface area contributed by atoms with Crippen molar-refractivity contribution in [3.8, 4) is 0 Å². The summed E-state index contributed by atoms with van der Waals surface area (Å²) >= 11 is 3.16. The van der Waals surface area contributed by atoms with Crippen LogP contribution in [0.2, 0.25) is 0 Å². The molecule has 0 amide bonds. The Morgan fingerprint density at radius 2 is 1.75 bits per heavy atom. The zero-order valence-corrected chi connectivity index (χ0v) is 14.2. The molecule has 3 nitrogen and oxygen atoms in total. The highest BCUT2D eigenvalue weighted by molar-refractivity contribution is 8.25. The van der Waals surface area contributed by atoms with Gasteiger partial charge in [-0.2, -0.15) is 13.2 Å². The van der Waals surface area contributed by atoms with Crippen LogP contribution in [0.4, 0.5) is 13.2 Å². The minimum atomic E-state index is -4.42. The summed E-state index contributed by atoms with van der Waals surface area (Å²) in [5.41, 5.74) is -0.0372. The average Bonchev–Trinajstić information content (AvgIpc) is 3.09. The fourth-order valence-corrected chi connectivity index (χ4v) is 5.09. The van der Waals surface area contributed by atoms with Gasteiger partial charge >= 0.3 is 6.18 Å². The largest absolute Gasteiger partial charge is 0.416 e. The highest BCUT2D eigenvalue weighted by atomic mass is 32.2. The number of benzene rings is 1. The van der Waals surface area contributed by atoms with Gasteiger partial charge in [0.1, 0.15) is 6.10 Å². The number of ether oxygens (including phenoxy) is 2. The van der Waals surface area contributed by atoms with Gasteiger partial charge in [0.15, 0.2) is 5.78 Å². The molecule has 0 spiro atoms. The van der Waals surface area contributed by atoms with E-state index in [1.165, 1.54) is 12.1 Å². The van der Waals surface area contributed by atoms with Crippen molar-refractivity contribution in [2.24, 2.45) is 0 Å². The van der Waals surface area contributed by atoms with Crippen LogP contribution in [0.25, 0.3) is 0 Å². The fraction of sp³-hybridized carbons (Fsp3) is 0.438. The van der Waals surface area contributed by atoms with E-state index in [1.807, 2.05) is 0 Å². The summed E-state index contributed by atoms with van der Waals surface area (Å²) in [4.78, 5) is 12.9. The Morgan fingerprint density at radius 3 is 2.29 bits per heavy atom. The summed E-state index contributed by atoms with van der Waals surface area (Å²) in [5, 5.41) is 0. The molecule has 2 fully saturated rings. The lowest BCUT2D eigenvalue weighted by molar-refractivity contribution is -0.137. The average molecular weight is 376 g/mol. The van der Waals surface area contributed by atoms with Crippen molar-refractivity contribution in [3.63, 3.8) is 0 Å². The van der Waals surface area contributed by atoms with E-state index in [9.17, 15) is 18.0 Å². The summed E-state index contributed by atoms with van der Waals surface area (Å²) in [6.45, 7) is 1.16. The van der Waals surface area contributed by atoms with Gasteiger partial charge in [0.2, 0.25) is 0 Å². The summed E-state index contributed by atoms with van der Waals surface area (Å²) in [5.74, 6) is 1.51. The standard InChI is InChI=1S/C16H15F3O3S2/c17-16(18,19)11-3-1-10(2-4-11)14(20)13(15-23-7-8-24-15)12-9-21-5-6-22-12/h1-4,12H,5-9H2. The number of thioether (sulfide) groups is 2. The van der Waals surface area contributed by atoms with Gasteiger partial charge in [0.05, 0.1) is 31.0 Å². The van der Waals surface area contributed by atoms with E-state index >= 15 is 0 Å². The summed E-state index contributed by atoms with van der Waals surface area (Å²) in [6.07, 6.45) is -4.89. The van der Waals surface area contributed by atoms with E-state index in [-0.39, 0.29) is 18.0 Å². The van der Waals surface area contributed by atoms with Crippen LogP contribution in [-0.2, 0) is 15.7 Å². The first kappa shape index (κ1) is 17.8. The van der Waals surface area contributed by atoms with Crippen molar-refractivity contribution < 1.29 is 27.4 Å². The molecule has 0 bridgehead atoms. The fourth-order valence-electron chi connectivity index (χ4n) is 2.46. The monoisotopic (exact) mass is 376 g/mol. The Labute approximate surface area is 146 Å². The van der Waals surface area contributed by atoms with Gasteiger partial charge in [-0.25, -0.2) is 0 Å². The third-order valence-corrected chi connectivity index (χ3v) is 6.37. The second-order valence-corrected chi connectivity index (χ2v) is 7.71. The lowest BCUT2D eigenvalue weighted by Crippen LogP contribution is -2.33. The number of carbonyl (C=O) groups excluding carboxylic acids is 1. The highest BCUT2D eigenvalue weighted by Crippen LogP contribution is 2.41. The molecule has 0 aliphatic carbocycles. The van der Waals surface area contributed by atoms with Crippen LogP contribution in [0.5, 0.6) is 0 Å². The van der Waals surface area contributed by atoms with Gasteiger partial charge in [-0.05, 0) is 12.1 Å². The van der Waals surface area contributed by atoms with Crippen LogP contribution >= 0.6 is 23.5 Å². The second-order valence-electron chi connectivity index (χ2n) is 5.24. The molecule has 8 heteroatoms. The number of hydrogen-bond acceptors (Lipinski definition) is 5. The molecule has 2 heterocycles. The van der Waals surface area contributed by atoms with E-state index < -0.39 is 17.8 Å². The molecule has 0 radical (unpaired) electrons. The molecule has 24 heavy (non-hydrogen) atoms. The van der Waals surface area contributed by atoms with Crippen molar-refractivity contribution >= 4 is 29.3 Å². The topological polar surface area (TPSA) is 35.5 Å². The van der Waals surface area contributed by atoms with Crippen LogP contribution in [0.15, 0.2) is 34.1 Å². The molecule has 1 aromatic rings. The number of rotatable bonds is 3. The van der Waals surface area contributed by atoms with Crippen LogP contribution < -0.4 is 0 Å². The van der Waals surface area contributed by atoms with Crippen molar-refractivity contribution in [1.29, 1.82) is 0 Å². The summed E-state index contributed by atoms with van der Waals surface area (Å²) in [6, 6.07) is 4.31. The molecule has 0 aromatic heterocycles. The SMILES string of the molecule is O=C(C(=C1SCCS1)C1COCCO1)c1ccc(C(F)(F)F)cc1. The number of ketones is 1. The molecule has 1 atom stereocenters. The molecule has 1 unspecified atom stereocenters. The lowest BCUT2D eigenvalue weighted by atomic mass is 9.99. The van der Waals surface area contributed by atoms with Crippen LogP contribution in [0, 0.1) is 0 Å². The summed E-state index contributed by atoms with van der Waals surface area (Å²) in [7, 11) is 0. The molecular weight excluding hydrogens is 361 g/mol. The molecular formula is C16H15F3O3S2. The van der Waals surface area contributed by atoms with E-state index in [2.05, 4.69) is 0 Å². The lowest BCUT2D eigenvalue weighted by Gasteiger charge is -2.26.